The second-order valence-electron chi connectivity index (χ2n) is 9.50. The summed E-state index contributed by atoms with van der Waals surface area (Å²) < 4.78 is 5.61. The van der Waals surface area contributed by atoms with E-state index in [9.17, 15) is 20.1 Å². The van der Waals surface area contributed by atoms with Crippen LogP contribution in [0.2, 0.25) is 0 Å². The highest BCUT2D eigenvalue weighted by molar-refractivity contribution is 5.92. The average molecular weight is 350 g/mol. The van der Waals surface area contributed by atoms with Crippen LogP contribution in [0.3, 0.4) is 0 Å². The third kappa shape index (κ3) is 2.01. The van der Waals surface area contributed by atoms with Gasteiger partial charge in [0.1, 0.15) is 6.10 Å². The maximum absolute atomic E-state index is 13.4. The molecule has 0 aromatic rings. The smallest absolute Gasteiger partial charge is 0.174 e. The third-order valence-corrected chi connectivity index (χ3v) is 8.24. The van der Waals surface area contributed by atoms with Gasteiger partial charge in [-0.1, -0.05) is 19.4 Å². The summed E-state index contributed by atoms with van der Waals surface area (Å²) in [6.45, 7) is 8.19. The highest BCUT2D eigenvalue weighted by atomic mass is 16.5. The molecule has 0 aromatic carbocycles. The molecule has 2 saturated carbocycles. The number of ketones is 1. The highest BCUT2D eigenvalue weighted by Gasteiger charge is 2.65. The van der Waals surface area contributed by atoms with Gasteiger partial charge >= 0.3 is 0 Å². The fourth-order valence-corrected chi connectivity index (χ4v) is 6.18. The Balaban J connectivity index is 1.90. The Hall–Kier alpha value is -0.750. The monoisotopic (exact) mass is 350 g/mol. The van der Waals surface area contributed by atoms with Crippen molar-refractivity contribution in [3.8, 4) is 0 Å². The van der Waals surface area contributed by atoms with Crippen molar-refractivity contribution in [3.63, 3.8) is 0 Å². The van der Waals surface area contributed by atoms with Crippen molar-refractivity contribution >= 4 is 5.78 Å². The van der Waals surface area contributed by atoms with Crippen LogP contribution in [0.25, 0.3) is 0 Å². The van der Waals surface area contributed by atoms with E-state index in [0.29, 0.717) is 37.9 Å². The molecule has 25 heavy (non-hydrogen) atoms. The molecule has 3 fully saturated rings. The van der Waals surface area contributed by atoms with Crippen molar-refractivity contribution in [3.05, 3.63) is 11.1 Å². The minimum Gasteiger partial charge on any atom is -0.392 e. The standard InChI is InChI=1S/C20H30O5/c1-10-5-6-20(24)8-12-11-9-25-13(11)7-14(21)19(12,4)17(23)16(22)15(10)18(20,2)3/h11-14,16,21-22,24H,5-9H2,1-4H3/t11?,12?,13-,14+,16-,19+,20-/m1/s1. The summed E-state index contributed by atoms with van der Waals surface area (Å²) in [7, 11) is 0. The van der Waals surface area contributed by atoms with E-state index in [4.69, 9.17) is 4.74 Å². The Morgan fingerprint density at radius 2 is 1.88 bits per heavy atom. The maximum Gasteiger partial charge on any atom is 0.174 e. The van der Waals surface area contributed by atoms with E-state index in [-0.39, 0.29) is 23.7 Å². The quantitative estimate of drug-likeness (QED) is 0.578. The average Bonchev–Trinajstić information content (AvgIpc) is 2.51. The lowest BCUT2D eigenvalue weighted by Gasteiger charge is -2.61. The van der Waals surface area contributed by atoms with Crippen LogP contribution in [-0.4, -0.2) is 51.6 Å². The molecule has 5 nitrogen and oxygen atoms in total. The molecule has 0 radical (unpaired) electrons. The Labute approximate surface area is 149 Å². The van der Waals surface area contributed by atoms with Crippen LogP contribution in [0.1, 0.15) is 53.4 Å². The van der Waals surface area contributed by atoms with E-state index in [1.54, 1.807) is 6.92 Å². The summed E-state index contributed by atoms with van der Waals surface area (Å²) in [6.07, 6.45) is 0.0513. The number of aliphatic hydroxyl groups is 3. The molecule has 2 unspecified atom stereocenters. The van der Waals surface area contributed by atoms with Crippen LogP contribution in [0.5, 0.6) is 0 Å². The fourth-order valence-electron chi connectivity index (χ4n) is 6.18. The molecule has 7 atom stereocenters. The lowest BCUT2D eigenvalue weighted by Crippen LogP contribution is -2.68. The van der Waals surface area contributed by atoms with Crippen molar-refractivity contribution in [1.82, 2.24) is 0 Å². The number of ether oxygens (including phenoxy) is 1. The van der Waals surface area contributed by atoms with Gasteiger partial charge in [0.05, 0.1) is 29.8 Å². The molecule has 1 aliphatic heterocycles. The molecule has 3 aliphatic carbocycles. The largest absolute Gasteiger partial charge is 0.392 e. The summed E-state index contributed by atoms with van der Waals surface area (Å²) in [6, 6.07) is 0. The van der Waals surface area contributed by atoms with E-state index >= 15 is 0 Å². The molecule has 0 aromatic heterocycles. The minimum atomic E-state index is -1.26. The number of fused-ring (bicyclic) bond motifs is 5. The highest BCUT2D eigenvalue weighted by Crippen LogP contribution is 2.60. The summed E-state index contributed by atoms with van der Waals surface area (Å²) in [5.74, 6) is -0.305. The fraction of sp³-hybridized carbons (Fsp3) is 0.850. The summed E-state index contributed by atoms with van der Waals surface area (Å²) >= 11 is 0. The predicted octanol–water partition coefficient (Wildman–Crippen LogP) is 1.59. The SMILES string of the molecule is CC1=C2[C@@H](O)C(=O)[C@@]3(C)C(C[C@](O)(CC1)C2(C)C)C1CO[C@@H]1C[C@@H]3O. The molecule has 2 bridgehead atoms. The van der Waals surface area contributed by atoms with Gasteiger partial charge in [0.25, 0.3) is 0 Å². The van der Waals surface area contributed by atoms with Gasteiger partial charge in [-0.05, 0) is 44.6 Å². The van der Waals surface area contributed by atoms with Gasteiger partial charge in [0.2, 0.25) is 0 Å². The van der Waals surface area contributed by atoms with Crippen molar-refractivity contribution in [2.24, 2.45) is 22.7 Å². The zero-order valence-electron chi connectivity index (χ0n) is 15.6. The number of hydrogen-bond acceptors (Lipinski definition) is 5. The Bertz CT molecular complexity index is 652. The van der Waals surface area contributed by atoms with Crippen molar-refractivity contribution in [2.75, 3.05) is 6.61 Å². The van der Waals surface area contributed by atoms with Gasteiger partial charge < -0.3 is 20.1 Å². The minimum absolute atomic E-state index is 0.0375. The van der Waals surface area contributed by atoms with Gasteiger partial charge in [-0.15, -0.1) is 0 Å². The Kier molecular flexibility index (Phi) is 3.64. The number of Topliss-reactive ketones (excluding diaryl/α,β-unsaturated/α-hetero) is 1. The molecule has 3 N–H and O–H groups in total. The predicted molar refractivity (Wildman–Crippen MR) is 91.7 cm³/mol. The van der Waals surface area contributed by atoms with Gasteiger partial charge in [-0.25, -0.2) is 0 Å². The van der Waals surface area contributed by atoms with E-state index in [0.717, 1.165) is 5.57 Å². The molecular formula is C20H30O5. The molecule has 4 aliphatic rings. The summed E-state index contributed by atoms with van der Waals surface area (Å²) in [5.41, 5.74) is -1.06. The van der Waals surface area contributed by atoms with Gasteiger partial charge in [0, 0.05) is 17.8 Å². The number of hydrogen-bond donors (Lipinski definition) is 3. The number of aliphatic hydroxyl groups excluding tert-OH is 2. The maximum atomic E-state index is 13.4. The number of rotatable bonds is 0. The van der Waals surface area contributed by atoms with Gasteiger partial charge in [0.15, 0.2) is 5.78 Å². The lowest BCUT2D eigenvalue weighted by atomic mass is 9.47. The normalized spacial score (nSPS) is 51.8. The van der Waals surface area contributed by atoms with Gasteiger partial charge in [-0.2, -0.15) is 0 Å². The van der Waals surface area contributed by atoms with Crippen LogP contribution in [0.4, 0.5) is 0 Å². The zero-order valence-corrected chi connectivity index (χ0v) is 15.6. The third-order valence-electron chi connectivity index (χ3n) is 8.24. The zero-order chi connectivity index (χ0) is 18.4. The van der Waals surface area contributed by atoms with Crippen LogP contribution < -0.4 is 0 Å². The Morgan fingerprint density at radius 1 is 1.20 bits per heavy atom. The molecular weight excluding hydrogens is 320 g/mol. The van der Waals surface area contributed by atoms with Crippen LogP contribution in [-0.2, 0) is 9.53 Å². The first-order valence-corrected chi connectivity index (χ1v) is 9.48. The van der Waals surface area contributed by atoms with E-state index in [2.05, 4.69) is 0 Å². The molecule has 0 amide bonds. The Morgan fingerprint density at radius 3 is 2.48 bits per heavy atom. The van der Waals surface area contributed by atoms with E-state index < -0.39 is 28.6 Å². The summed E-state index contributed by atoms with van der Waals surface area (Å²) in [5, 5.41) is 33.5. The van der Waals surface area contributed by atoms with Crippen LogP contribution in [0.15, 0.2) is 11.1 Å². The van der Waals surface area contributed by atoms with E-state index in [1.807, 2.05) is 20.8 Å². The first-order valence-electron chi connectivity index (χ1n) is 9.48. The number of allylic oxidation sites excluding steroid dienone is 1. The van der Waals surface area contributed by atoms with Gasteiger partial charge in [-0.3, -0.25) is 4.79 Å². The van der Waals surface area contributed by atoms with Crippen molar-refractivity contribution in [2.45, 2.75) is 77.3 Å². The summed E-state index contributed by atoms with van der Waals surface area (Å²) in [4.78, 5) is 13.4. The molecule has 0 spiro atoms. The first-order chi connectivity index (χ1) is 11.5. The molecule has 1 heterocycles. The van der Waals surface area contributed by atoms with Crippen molar-refractivity contribution < 1.29 is 24.9 Å². The van der Waals surface area contributed by atoms with Crippen LogP contribution >= 0.6 is 0 Å². The molecule has 4 rings (SSSR count). The van der Waals surface area contributed by atoms with E-state index in [1.165, 1.54) is 0 Å². The number of carbonyl (C=O) groups excluding carboxylic acids is 1. The topological polar surface area (TPSA) is 87.0 Å². The number of carbonyl (C=O) groups is 1. The molecule has 140 valence electrons. The molecule has 1 saturated heterocycles. The first kappa shape index (κ1) is 17.7. The second-order valence-corrected chi connectivity index (χ2v) is 9.50. The lowest BCUT2D eigenvalue weighted by molar-refractivity contribution is -0.241. The molecule has 5 heteroatoms. The van der Waals surface area contributed by atoms with Crippen LogP contribution in [0, 0.1) is 22.7 Å². The van der Waals surface area contributed by atoms with Crippen molar-refractivity contribution in [1.29, 1.82) is 0 Å². The second kappa shape index (κ2) is 5.16.